The molecule has 1 aliphatic heterocycles. The van der Waals surface area contributed by atoms with Crippen LogP contribution in [-0.2, 0) is 6.54 Å². The second-order valence-corrected chi connectivity index (χ2v) is 6.42. The number of aliphatic hydroxyl groups excluding tert-OH is 1. The smallest absolute Gasteiger partial charge is 0.317 e. The summed E-state index contributed by atoms with van der Waals surface area (Å²) in [7, 11) is 0. The van der Waals surface area contributed by atoms with Crippen LogP contribution in [0.1, 0.15) is 36.6 Å². The Morgan fingerprint density at radius 1 is 1.62 bits per heavy atom. The number of rotatable bonds is 3. The fourth-order valence-corrected chi connectivity index (χ4v) is 3.16. The maximum Gasteiger partial charge on any atom is 0.317 e. The van der Waals surface area contributed by atoms with E-state index in [4.69, 9.17) is 5.11 Å². The second kappa shape index (κ2) is 8.06. The van der Waals surface area contributed by atoms with E-state index in [1.54, 1.807) is 11.3 Å². The Kier molecular flexibility index (Phi) is 6.09. The van der Waals surface area contributed by atoms with Gasteiger partial charge in [-0.25, -0.2) is 4.79 Å². The van der Waals surface area contributed by atoms with E-state index in [2.05, 4.69) is 24.1 Å². The lowest BCUT2D eigenvalue weighted by molar-refractivity contribution is 0.169. The molecule has 2 N–H and O–H groups in total. The average Bonchev–Trinajstić information content (AvgIpc) is 2.93. The SMILES string of the molecule is CC1CCCN(C(=O)NCc2cc(C#CCCO)cs2)C1. The van der Waals surface area contributed by atoms with Crippen LogP contribution in [0.5, 0.6) is 0 Å². The van der Waals surface area contributed by atoms with E-state index in [1.807, 2.05) is 16.3 Å². The van der Waals surface area contributed by atoms with Crippen LogP contribution in [0, 0.1) is 17.8 Å². The van der Waals surface area contributed by atoms with Gasteiger partial charge < -0.3 is 15.3 Å². The van der Waals surface area contributed by atoms with E-state index >= 15 is 0 Å². The number of likely N-dealkylation sites (tertiary alicyclic amines) is 1. The van der Waals surface area contributed by atoms with Crippen molar-refractivity contribution in [1.82, 2.24) is 10.2 Å². The molecule has 1 aromatic rings. The molecule has 0 saturated carbocycles. The van der Waals surface area contributed by atoms with Crippen molar-refractivity contribution in [2.75, 3.05) is 19.7 Å². The van der Waals surface area contributed by atoms with Gasteiger partial charge in [-0.1, -0.05) is 18.8 Å². The summed E-state index contributed by atoms with van der Waals surface area (Å²) in [6.07, 6.45) is 2.80. The van der Waals surface area contributed by atoms with E-state index in [-0.39, 0.29) is 12.6 Å². The van der Waals surface area contributed by atoms with Crippen molar-refractivity contribution in [2.45, 2.75) is 32.7 Å². The molecule has 1 aliphatic rings. The average molecular weight is 306 g/mol. The van der Waals surface area contributed by atoms with Gasteiger partial charge in [0.2, 0.25) is 0 Å². The molecule has 0 bridgehead atoms. The van der Waals surface area contributed by atoms with Crippen LogP contribution in [0.15, 0.2) is 11.4 Å². The molecular weight excluding hydrogens is 284 g/mol. The predicted octanol–water partition coefficient (Wildman–Crippen LogP) is 2.42. The van der Waals surface area contributed by atoms with Gasteiger partial charge in [0.25, 0.3) is 0 Å². The summed E-state index contributed by atoms with van der Waals surface area (Å²) in [6, 6.07) is 2.02. The topological polar surface area (TPSA) is 52.6 Å². The van der Waals surface area contributed by atoms with Gasteiger partial charge in [-0.2, -0.15) is 0 Å². The number of piperidine rings is 1. The van der Waals surface area contributed by atoms with Gasteiger partial charge in [0.1, 0.15) is 0 Å². The Morgan fingerprint density at radius 2 is 2.48 bits per heavy atom. The molecule has 0 spiro atoms. The van der Waals surface area contributed by atoms with Crippen LogP contribution in [0.25, 0.3) is 0 Å². The van der Waals surface area contributed by atoms with Crippen molar-refractivity contribution in [3.05, 3.63) is 21.9 Å². The number of carbonyl (C=O) groups is 1. The lowest BCUT2D eigenvalue weighted by Gasteiger charge is -2.30. The van der Waals surface area contributed by atoms with Gasteiger partial charge in [0.05, 0.1) is 13.2 Å². The first-order valence-electron chi connectivity index (χ1n) is 7.39. The third-order valence-electron chi connectivity index (χ3n) is 3.48. The third kappa shape index (κ3) is 5.07. The summed E-state index contributed by atoms with van der Waals surface area (Å²) < 4.78 is 0. The molecule has 2 heterocycles. The minimum atomic E-state index is 0.0304. The monoisotopic (exact) mass is 306 g/mol. The van der Waals surface area contributed by atoms with E-state index in [0.29, 0.717) is 18.9 Å². The Labute approximate surface area is 130 Å². The van der Waals surface area contributed by atoms with Crippen LogP contribution in [0.2, 0.25) is 0 Å². The molecule has 4 nitrogen and oxygen atoms in total. The molecule has 1 unspecified atom stereocenters. The standard InChI is InChI=1S/C16H22N2O2S/c1-13-5-4-7-18(11-13)16(20)17-10-15-9-14(12-21-15)6-2-3-8-19/h9,12-13,19H,3-5,7-8,10-11H2,1H3,(H,17,20). The van der Waals surface area contributed by atoms with E-state index in [1.165, 1.54) is 6.42 Å². The lowest BCUT2D eigenvalue weighted by Crippen LogP contribution is -2.44. The first kappa shape index (κ1) is 15.9. The molecule has 2 amide bonds. The number of carbonyl (C=O) groups excluding carboxylic acids is 1. The number of thiophene rings is 1. The highest BCUT2D eigenvalue weighted by Gasteiger charge is 2.20. The Bertz CT molecular complexity index is 530. The van der Waals surface area contributed by atoms with Gasteiger partial charge in [0, 0.05) is 35.3 Å². The van der Waals surface area contributed by atoms with Crippen LogP contribution >= 0.6 is 11.3 Å². The lowest BCUT2D eigenvalue weighted by atomic mass is 10.0. The predicted molar refractivity (Wildman–Crippen MR) is 85.1 cm³/mol. The Morgan fingerprint density at radius 3 is 3.24 bits per heavy atom. The summed E-state index contributed by atoms with van der Waals surface area (Å²) in [5, 5.41) is 13.6. The van der Waals surface area contributed by atoms with Gasteiger partial charge >= 0.3 is 6.03 Å². The molecule has 21 heavy (non-hydrogen) atoms. The zero-order valence-corrected chi connectivity index (χ0v) is 13.2. The molecule has 1 aromatic heterocycles. The summed E-state index contributed by atoms with van der Waals surface area (Å²) in [6.45, 7) is 4.55. The largest absolute Gasteiger partial charge is 0.395 e. The molecule has 0 radical (unpaired) electrons. The maximum atomic E-state index is 12.1. The van der Waals surface area contributed by atoms with Gasteiger partial charge in [-0.3, -0.25) is 0 Å². The highest BCUT2D eigenvalue weighted by atomic mass is 32.1. The summed E-state index contributed by atoms with van der Waals surface area (Å²) in [4.78, 5) is 15.1. The molecule has 1 saturated heterocycles. The Balaban J connectivity index is 1.80. The first-order valence-corrected chi connectivity index (χ1v) is 8.27. The zero-order chi connectivity index (χ0) is 15.1. The van der Waals surface area contributed by atoms with Gasteiger partial charge in [-0.05, 0) is 24.8 Å². The van der Waals surface area contributed by atoms with E-state index in [9.17, 15) is 4.79 Å². The van der Waals surface area contributed by atoms with Crippen molar-refractivity contribution < 1.29 is 9.90 Å². The molecule has 5 heteroatoms. The molecule has 1 atom stereocenters. The first-order chi connectivity index (χ1) is 10.2. The molecular formula is C16H22N2O2S. The van der Waals surface area contributed by atoms with Crippen LogP contribution in [0.3, 0.4) is 0 Å². The number of urea groups is 1. The maximum absolute atomic E-state index is 12.1. The number of aliphatic hydroxyl groups is 1. The number of amides is 2. The molecule has 0 aliphatic carbocycles. The molecule has 1 fully saturated rings. The van der Waals surface area contributed by atoms with Crippen molar-refractivity contribution in [3.63, 3.8) is 0 Å². The molecule has 0 aromatic carbocycles. The number of hydrogen-bond donors (Lipinski definition) is 2. The molecule has 2 rings (SSSR count). The van der Waals surface area contributed by atoms with Crippen molar-refractivity contribution in [3.8, 4) is 11.8 Å². The second-order valence-electron chi connectivity index (χ2n) is 5.43. The highest BCUT2D eigenvalue weighted by molar-refractivity contribution is 7.10. The number of hydrogen-bond acceptors (Lipinski definition) is 3. The zero-order valence-electron chi connectivity index (χ0n) is 12.4. The van der Waals surface area contributed by atoms with Crippen molar-refractivity contribution in [2.24, 2.45) is 5.92 Å². The minimum Gasteiger partial charge on any atom is -0.395 e. The molecule has 114 valence electrons. The summed E-state index contributed by atoms with van der Waals surface area (Å²) in [5.74, 6) is 6.49. The normalized spacial score (nSPS) is 18.0. The summed E-state index contributed by atoms with van der Waals surface area (Å²) in [5.41, 5.74) is 0.948. The van der Waals surface area contributed by atoms with Gasteiger partial charge in [-0.15, -0.1) is 11.3 Å². The quantitative estimate of drug-likeness (QED) is 0.843. The fraction of sp³-hybridized carbons (Fsp3) is 0.562. The minimum absolute atomic E-state index is 0.0304. The van der Waals surface area contributed by atoms with E-state index < -0.39 is 0 Å². The van der Waals surface area contributed by atoms with E-state index in [0.717, 1.165) is 30.0 Å². The van der Waals surface area contributed by atoms with Crippen LogP contribution < -0.4 is 5.32 Å². The fourth-order valence-electron chi connectivity index (χ4n) is 2.41. The van der Waals surface area contributed by atoms with Crippen molar-refractivity contribution >= 4 is 17.4 Å². The Hall–Kier alpha value is -1.51. The number of nitrogens with zero attached hydrogens (tertiary/aromatic N) is 1. The third-order valence-corrected chi connectivity index (χ3v) is 4.42. The summed E-state index contributed by atoms with van der Waals surface area (Å²) >= 11 is 1.60. The van der Waals surface area contributed by atoms with Crippen LogP contribution in [0.4, 0.5) is 4.79 Å². The number of nitrogens with one attached hydrogen (secondary N) is 1. The van der Waals surface area contributed by atoms with Crippen molar-refractivity contribution in [1.29, 1.82) is 0 Å². The van der Waals surface area contributed by atoms with Gasteiger partial charge in [0.15, 0.2) is 0 Å². The van der Waals surface area contributed by atoms with Crippen LogP contribution in [-0.4, -0.2) is 35.7 Å². The highest BCUT2D eigenvalue weighted by Crippen LogP contribution is 2.16.